The van der Waals surface area contributed by atoms with Crippen LogP contribution in [-0.4, -0.2) is 51.7 Å². The van der Waals surface area contributed by atoms with E-state index in [0.717, 1.165) is 55.0 Å². The summed E-state index contributed by atoms with van der Waals surface area (Å²) in [7, 11) is 0. The van der Waals surface area contributed by atoms with E-state index in [1.165, 1.54) is 0 Å². The predicted molar refractivity (Wildman–Crippen MR) is 123 cm³/mol. The first kappa shape index (κ1) is 23.7. The van der Waals surface area contributed by atoms with Gasteiger partial charge in [0.25, 0.3) is 0 Å². The lowest BCUT2D eigenvalue weighted by molar-refractivity contribution is 0.0677. The van der Waals surface area contributed by atoms with Crippen molar-refractivity contribution in [2.75, 3.05) is 25.9 Å². The van der Waals surface area contributed by atoms with E-state index in [-0.39, 0.29) is 0 Å². The maximum Gasteiger partial charge on any atom is 0.191 e. The highest BCUT2D eigenvalue weighted by Crippen LogP contribution is 2.23. The van der Waals surface area contributed by atoms with E-state index in [2.05, 4.69) is 44.2 Å². The molecule has 0 spiro atoms. The summed E-state index contributed by atoms with van der Waals surface area (Å²) in [6, 6.07) is 1.94. The Kier molecular flexibility index (Phi) is 9.45. The fourth-order valence-corrected chi connectivity index (χ4v) is 4.20. The van der Waals surface area contributed by atoms with E-state index < -0.39 is 5.60 Å². The molecule has 2 rings (SSSR count). The van der Waals surface area contributed by atoms with E-state index in [9.17, 15) is 5.11 Å². The molecule has 3 N–H and O–H groups in total. The molecule has 9 heteroatoms. The minimum Gasteiger partial charge on any atom is -0.383 e. The molecule has 0 aliphatic carbocycles. The molecule has 0 aromatic carbocycles. The summed E-state index contributed by atoms with van der Waals surface area (Å²) in [4.78, 5) is 4.57. The van der Waals surface area contributed by atoms with Crippen molar-refractivity contribution in [2.45, 2.75) is 57.8 Å². The number of thioether (sulfide) groups is 1. The molecule has 162 valence electrons. The summed E-state index contributed by atoms with van der Waals surface area (Å²) in [6.07, 6.45) is 3.83. The number of aromatic nitrogens is 3. The molecule has 0 bridgehead atoms. The van der Waals surface area contributed by atoms with Gasteiger partial charge in [0.05, 0.1) is 6.54 Å². The largest absolute Gasteiger partial charge is 0.383 e. The van der Waals surface area contributed by atoms with Crippen LogP contribution < -0.4 is 10.6 Å². The van der Waals surface area contributed by atoms with E-state index in [4.69, 9.17) is 0 Å². The molecule has 0 saturated carbocycles. The maximum atomic E-state index is 10.7. The van der Waals surface area contributed by atoms with Gasteiger partial charge in [-0.1, -0.05) is 25.6 Å². The van der Waals surface area contributed by atoms with Gasteiger partial charge >= 0.3 is 0 Å². The average Bonchev–Trinajstić information content (AvgIpc) is 3.33. The molecular formula is C20H34N6OS2. The molecular weight excluding hydrogens is 404 g/mol. The minimum atomic E-state index is -0.968. The van der Waals surface area contributed by atoms with Crippen LogP contribution in [0.25, 0.3) is 0 Å². The van der Waals surface area contributed by atoms with Crippen LogP contribution in [0.15, 0.2) is 27.0 Å². The zero-order valence-electron chi connectivity index (χ0n) is 18.1. The smallest absolute Gasteiger partial charge is 0.191 e. The summed E-state index contributed by atoms with van der Waals surface area (Å²) < 4.78 is 2.23. The summed E-state index contributed by atoms with van der Waals surface area (Å²) >= 11 is 3.22. The van der Waals surface area contributed by atoms with E-state index in [1.54, 1.807) is 30.0 Å². The zero-order valence-corrected chi connectivity index (χ0v) is 19.7. The number of hydrogen-bond acceptors (Lipinski definition) is 6. The predicted octanol–water partition coefficient (Wildman–Crippen LogP) is 3.11. The van der Waals surface area contributed by atoms with Crippen LogP contribution in [0.2, 0.25) is 0 Å². The van der Waals surface area contributed by atoms with Gasteiger partial charge in [-0.25, -0.2) is 4.99 Å². The first-order chi connectivity index (χ1) is 13.9. The Labute approximate surface area is 182 Å². The molecule has 0 saturated heterocycles. The highest BCUT2D eigenvalue weighted by molar-refractivity contribution is 7.98. The summed E-state index contributed by atoms with van der Waals surface area (Å²) in [5, 5.41) is 30.9. The number of hydrogen-bond donors (Lipinski definition) is 3. The van der Waals surface area contributed by atoms with Gasteiger partial charge in [0.2, 0.25) is 0 Å². The van der Waals surface area contributed by atoms with Gasteiger partial charge in [0, 0.05) is 26.1 Å². The Morgan fingerprint density at radius 3 is 2.79 bits per heavy atom. The number of rotatable bonds is 11. The van der Waals surface area contributed by atoms with Crippen LogP contribution in [0, 0.1) is 5.92 Å². The number of aryl methyl sites for hydroxylation is 1. The quantitative estimate of drug-likeness (QED) is 0.216. The Hall–Kier alpha value is -1.58. The van der Waals surface area contributed by atoms with Crippen molar-refractivity contribution in [1.29, 1.82) is 0 Å². The van der Waals surface area contributed by atoms with Crippen LogP contribution in [0.5, 0.6) is 0 Å². The molecule has 2 aromatic heterocycles. The number of nitrogens with one attached hydrogen (secondary N) is 2. The van der Waals surface area contributed by atoms with E-state index in [0.29, 0.717) is 12.5 Å². The fraction of sp³-hybridized carbons (Fsp3) is 0.650. The number of nitrogens with zero attached hydrogens (tertiary/aromatic N) is 4. The lowest BCUT2D eigenvalue weighted by atomic mass is 10.00. The molecule has 1 unspecified atom stereocenters. The average molecular weight is 439 g/mol. The molecule has 29 heavy (non-hydrogen) atoms. The monoisotopic (exact) mass is 438 g/mol. The van der Waals surface area contributed by atoms with Crippen LogP contribution >= 0.6 is 23.1 Å². The van der Waals surface area contributed by atoms with Gasteiger partial charge in [-0.3, -0.25) is 0 Å². The summed E-state index contributed by atoms with van der Waals surface area (Å²) in [5.41, 5.74) is -0.0692. The minimum absolute atomic E-state index is 0.304. The van der Waals surface area contributed by atoms with Crippen LogP contribution in [0.3, 0.4) is 0 Å². The first-order valence-electron chi connectivity index (χ1n) is 10.1. The third kappa shape index (κ3) is 7.31. The highest BCUT2D eigenvalue weighted by atomic mass is 32.2. The van der Waals surface area contributed by atoms with Crippen molar-refractivity contribution < 1.29 is 5.11 Å². The number of aliphatic imine (C=N–C) groups is 1. The lowest BCUT2D eigenvalue weighted by Gasteiger charge is -2.21. The second-order valence-corrected chi connectivity index (χ2v) is 9.17. The van der Waals surface area contributed by atoms with Crippen LogP contribution in [-0.2, 0) is 18.6 Å². The van der Waals surface area contributed by atoms with E-state index >= 15 is 0 Å². The Balaban J connectivity index is 1.89. The number of thiophene rings is 1. The summed E-state index contributed by atoms with van der Waals surface area (Å²) in [6.45, 7) is 11.0. The van der Waals surface area contributed by atoms with Gasteiger partial charge < -0.3 is 20.3 Å². The molecule has 0 radical (unpaired) electrons. The normalized spacial score (nSPS) is 14.2. The third-order valence-corrected chi connectivity index (χ3v) is 5.78. The van der Waals surface area contributed by atoms with Crippen molar-refractivity contribution in [3.8, 4) is 0 Å². The highest BCUT2D eigenvalue weighted by Gasteiger charge is 2.23. The molecule has 2 heterocycles. The summed E-state index contributed by atoms with van der Waals surface area (Å²) in [5.74, 6) is 2.31. The van der Waals surface area contributed by atoms with E-state index in [1.807, 2.05) is 30.0 Å². The Bertz CT molecular complexity index is 755. The molecule has 7 nitrogen and oxygen atoms in total. The first-order valence-corrected chi connectivity index (χ1v) is 12.3. The Morgan fingerprint density at radius 1 is 1.38 bits per heavy atom. The third-order valence-electron chi connectivity index (χ3n) is 4.43. The van der Waals surface area contributed by atoms with Crippen molar-refractivity contribution >= 4 is 29.1 Å². The number of guanidine groups is 1. The molecule has 0 aliphatic heterocycles. The van der Waals surface area contributed by atoms with Crippen LogP contribution in [0.4, 0.5) is 0 Å². The lowest BCUT2D eigenvalue weighted by Crippen LogP contribution is -2.39. The molecule has 2 aromatic rings. The van der Waals surface area contributed by atoms with Gasteiger partial charge in [0.15, 0.2) is 11.1 Å². The van der Waals surface area contributed by atoms with Crippen molar-refractivity contribution in [1.82, 2.24) is 25.4 Å². The number of aliphatic hydroxyl groups is 1. The van der Waals surface area contributed by atoms with Gasteiger partial charge in [-0.05, 0) is 54.8 Å². The fourth-order valence-electron chi connectivity index (χ4n) is 2.89. The Morgan fingerprint density at radius 2 is 2.17 bits per heavy atom. The topological polar surface area (TPSA) is 87.4 Å². The van der Waals surface area contributed by atoms with Gasteiger partial charge in [-0.2, -0.15) is 11.3 Å². The molecule has 0 amide bonds. The van der Waals surface area contributed by atoms with Crippen molar-refractivity contribution in [3.05, 3.63) is 28.2 Å². The standard InChI is InChI=1S/C20H34N6OS2/c1-6-21-18(23-14-20(4,27)16-9-11-29-13-16)22-10-7-8-17-24-25-19(28-5)26(17)12-15(2)3/h9,11,13,15,27H,6-8,10,12,14H2,1-5H3,(H2,21,22,23). The van der Waals surface area contributed by atoms with Crippen molar-refractivity contribution in [2.24, 2.45) is 10.9 Å². The zero-order chi connectivity index (χ0) is 21.3. The van der Waals surface area contributed by atoms with Crippen molar-refractivity contribution in [3.63, 3.8) is 0 Å². The van der Waals surface area contributed by atoms with Crippen LogP contribution in [0.1, 0.15) is 45.5 Å². The SMILES string of the molecule is CCNC(=NCC(C)(O)c1ccsc1)NCCCc1nnc(SC)n1CC(C)C. The molecule has 1 atom stereocenters. The maximum absolute atomic E-state index is 10.7. The molecule has 0 aliphatic rings. The molecule has 0 fully saturated rings. The van der Waals surface area contributed by atoms with Gasteiger partial charge in [-0.15, -0.1) is 10.2 Å². The second kappa shape index (κ2) is 11.6. The second-order valence-electron chi connectivity index (χ2n) is 7.62. The van der Waals surface area contributed by atoms with Gasteiger partial charge in [0.1, 0.15) is 11.4 Å².